The molecule has 3 nitrogen and oxygen atoms in total. The third-order valence-corrected chi connectivity index (χ3v) is 2.83. The maximum atomic E-state index is 11.7. The van der Waals surface area contributed by atoms with E-state index in [9.17, 15) is 4.79 Å². The van der Waals surface area contributed by atoms with Crippen molar-refractivity contribution in [1.29, 1.82) is 0 Å². The summed E-state index contributed by atoms with van der Waals surface area (Å²) in [4.78, 5) is 13.8. The van der Waals surface area contributed by atoms with E-state index in [1.807, 2.05) is 4.90 Å². The van der Waals surface area contributed by atoms with Gasteiger partial charge in [-0.25, -0.2) is 0 Å². The summed E-state index contributed by atoms with van der Waals surface area (Å²) < 4.78 is 0. The first-order valence-corrected chi connectivity index (χ1v) is 4.87. The standard InChI is InChI=1S/C9H16N2O.ClH/c12-9(8-3-4-10-7-8)11-5-1-2-6-11;/h8,10H,1-7H2;1H/t8-;/m1./s1. The monoisotopic (exact) mass is 204 g/mol. The zero-order valence-corrected chi connectivity index (χ0v) is 8.61. The highest BCUT2D eigenvalue weighted by molar-refractivity contribution is 5.85. The fourth-order valence-corrected chi connectivity index (χ4v) is 2.06. The molecule has 0 bridgehead atoms. The normalized spacial score (nSPS) is 27.4. The van der Waals surface area contributed by atoms with Crippen molar-refractivity contribution in [3.05, 3.63) is 0 Å². The molecule has 0 aromatic carbocycles. The molecule has 0 saturated carbocycles. The van der Waals surface area contributed by atoms with Crippen LogP contribution in [-0.4, -0.2) is 37.0 Å². The van der Waals surface area contributed by atoms with Gasteiger partial charge in [0, 0.05) is 19.6 Å². The lowest BCUT2D eigenvalue weighted by atomic mass is 10.1. The van der Waals surface area contributed by atoms with Gasteiger partial charge in [-0.2, -0.15) is 0 Å². The molecule has 0 spiro atoms. The summed E-state index contributed by atoms with van der Waals surface area (Å²) in [5, 5.41) is 3.23. The van der Waals surface area contributed by atoms with Gasteiger partial charge in [0.15, 0.2) is 0 Å². The maximum Gasteiger partial charge on any atom is 0.227 e. The predicted molar refractivity (Wildman–Crippen MR) is 54.0 cm³/mol. The maximum absolute atomic E-state index is 11.7. The van der Waals surface area contributed by atoms with Crippen molar-refractivity contribution in [2.24, 2.45) is 5.92 Å². The van der Waals surface area contributed by atoms with Gasteiger partial charge >= 0.3 is 0 Å². The molecule has 1 atom stereocenters. The van der Waals surface area contributed by atoms with E-state index in [1.54, 1.807) is 0 Å². The third kappa shape index (κ3) is 2.35. The smallest absolute Gasteiger partial charge is 0.227 e. The van der Waals surface area contributed by atoms with Crippen LogP contribution < -0.4 is 5.32 Å². The molecule has 2 aliphatic rings. The highest BCUT2D eigenvalue weighted by atomic mass is 35.5. The molecule has 2 rings (SSSR count). The second-order valence-electron chi connectivity index (χ2n) is 3.72. The molecule has 1 N–H and O–H groups in total. The number of halogens is 1. The van der Waals surface area contributed by atoms with Crippen molar-refractivity contribution in [1.82, 2.24) is 10.2 Å². The average molecular weight is 205 g/mol. The molecular formula is C9H17ClN2O. The lowest BCUT2D eigenvalue weighted by Crippen LogP contribution is -2.34. The van der Waals surface area contributed by atoms with Crippen LogP contribution in [0.5, 0.6) is 0 Å². The molecule has 0 unspecified atom stereocenters. The molecule has 2 saturated heterocycles. The Morgan fingerprint density at radius 2 is 2.00 bits per heavy atom. The van der Waals surface area contributed by atoms with Crippen LogP contribution in [0.3, 0.4) is 0 Å². The Morgan fingerprint density at radius 1 is 1.31 bits per heavy atom. The van der Waals surface area contributed by atoms with Gasteiger partial charge in [-0.3, -0.25) is 4.79 Å². The second-order valence-corrected chi connectivity index (χ2v) is 3.72. The van der Waals surface area contributed by atoms with Crippen LogP contribution in [0.2, 0.25) is 0 Å². The van der Waals surface area contributed by atoms with Gasteiger partial charge in [-0.05, 0) is 25.8 Å². The largest absolute Gasteiger partial charge is 0.342 e. The van der Waals surface area contributed by atoms with E-state index in [0.717, 1.165) is 32.6 Å². The van der Waals surface area contributed by atoms with Crippen LogP contribution in [-0.2, 0) is 4.79 Å². The summed E-state index contributed by atoms with van der Waals surface area (Å²) in [6, 6.07) is 0. The molecule has 0 radical (unpaired) electrons. The van der Waals surface area contributed by atoms with Gasteiger partial charge in [0.2, 0.25) is 5.91 Å². The Balaban J connectivity index is 0.000000845. The molecule has 76 valence electrons. The number of rotatable bonds is 1. The molecule has 4 heteroatoms. The van der Waals surface area contributed by atoms with Gasteiger partial charge in [-0.1, -0.05) is 0 Å². The van der Waals surface area contributed by atoms with Crippen LogP contribution in [0.1, 0.15) is 19.3 Å². The lowest BCUT2D eigenvalue weighted by Gasteiger charge is -2.18. The topological polar surface area (TPSA) is 32.3 Å². The van der Waals surface area contributed by atoms with E-state index in [2.05, 4.69) is 5.32 Å². The summed E-state index contributed by atoms with van der Waals surface area (Å²) >= 11 is 0. The minimum absolute atomic E-state index is 0. The van der Waals surface area contributed by atoms with Crippen LogP contribution in [0, 0.1) is 5.92 Å². The van der Waals surface area contributed by atoms with Crippen LogP contribution in [0.25, 0.3) is 0 Å². The molecule has 2 fully saturated rings. The van der Waals surface area contributed by atoms with Gasteiger partial charge in [0.1, 0.15) is 0 Å². The van der Waals surface area contributed by atoms with Crippen molar-refractivity contribution in [3.63, 3.8) is 0 Å². The number of hydrogen-bond acceptors (Lipinski definition) is 2. The molecule has 2 heterocycles. The van der Waals surface area contributed by atoms with Crippen molar-refractivity contribution >= 4 is 18.3 Å². The SMILES string of the molecule is Cl.O=C([C@@H]1CCNC1)N1CCCC1. The fourth-order valence-electron chi connectivity index (χ4n) is 2.06. The number of hydrogen-bond donors (Lipinski definition) is 1. The minimum Gasteiger partial charge on any atom is -0.342 e. The first kappa shape index (κ1) is 10.8. The van der Waals surface area contributed by atoms with Gasteiger partial charge in [0.25, 0.3) is 0 Å². The first-order valence-electron chi connectivity index (χ1n) is 4.87. The van der Waals surface area contributed by atoms with Crippen LogP contribution in [0.4, 0.5) is 0 Å². The van der Waals surface area contributed by atoms with Crippen molar-refractivity contribution < 1.29 is 4.79 Å². The van der Waals surface area contributed by atoms with Crippen LogP contribution in [0.15, 0.2) is 0 Å². The minimum atomic E-state index is 0. The van der Waals surface area contributed by atoms with Gasteiger partial charge in [-0.15, -0.1) is 12.4 Å². The van der Waals surface area contributed by atoms with Crippen LogP contribution >= 0.6 is 12.4 Å². The zero-order chi connectivity index (χ0) is 8.39. The van der Waals surface area contributed by atoms with Crippen molar-refractivity contribution in [2.45, 2.75) is 19.3 Å². The Morgan fingerprint density at radius 3 is 2.54 bits per heavy atom. The number of carbonyl (C=O) groups excluding carboxylic acids is 1. The highest BCUT2D eigenvalue weighted by Gasteiger charge is 2.28. The molecule has 2 aliphatic heterocycles. The number of carbonyl (C=O) groups is 1. The second kappa shape index (κ2) is 4.82. The van der Waals surface area contributed by atoms with E-state index in [4.69, 9.17) is 0 Å². The zero-order valence-electron chi connectivity index (χ0n) is 7.79. The summed E-state index contributed by atoms with van der Waals surface area (Å²) in [7, 11) is 0. The van der Waals surface area contributed by atoms with Gasteiger partial charge < -0.3 is 10.2 Å². The Kier molecular flexibility index (Phi) is 4.00. The van der Waals surface area contributed by atoms with Gasteiger partial charge in [0.05, 0.1) is 5.92 Å². The quantitative estimate of drug-likeness (QED) is 0.680. The van der Waals surface area contributed by atoms with E-state index in [1.165, 1.54) is 12.8 Å². The molecule has 0 aromatic rings. The van der Waals surface area contributed by atoms with E-state index in [0.29, 0.717) is 5.91 Å². The van der Waals surface area contributed by atoms with E-state index in [-0.39, 0.29) is 18.3 Å². The Hall–Kier alpha value is -0.280. The predicted octanol–water partition coefficient (Wildman–Crippen LogP) is 0.640. The highest BCUT2D eigenvalue weighted by Crippen LogP contribution is 2.16. The summed E-state index contributed by atoms with van der Waals surface area (Å²) in [5.41, 5.74) is 0. The lowest BCUT2D eigenvalue weighted by molar-refractivity contribution is -0.133. The molecule has 1 amide bonds. The van der Waals surface area contributed by atoms with E-state index >= 15 is 0 Å². The summed E-state index contributed by atoms with van der Waals surface area (Å²) in [5.74, 6) is 0.667. The molecule has 0 aliphatic carbocycles. The Labute approximate surface area is 85.3 Å². The Bertz CT molecular complexity index is 156. The number of likely N-dealkylation sites (tertiary alicyclic amines) is 1. The first-order chi connectivity index (χ1) is 5.88. The molecule has 13 heavy (non-hydrogen) atoms. The third-order valence-electron chi connectivity index (χ3n) is 2.83. The van der Waals surface area contributed by atoms with Crippen molar-refractivity contribution in [2.75, 3.05) is 26.2 Å². The number of amides is 1. The van der Waals surface area contributed by atoms with Crippen molar-refractivity contribution in [3.8, 4) is 0 Å². The number of nitrogens with zero attached hydrogens (tertiary/aromatic N) is 1. The van der Waals surface area contributed by atoms with E-state index < -0.39 is 0 Å². The fraction of sp³-hybridized carbons (Fsp3) is 0.889. The summed E-state index contributed by atoms with van der Waals surface area (Å²) in [6.07, 6.45) is 3.44. The summed E-state index contributed by atoms with van der Waals surface area (Å²) in [6.45, 7) is 3.91. The number of nitrogens with one attached hydrogen (secondary N) is 1. The molecule has 0 aromatic heterocycles. The molecular weight excluding hydrogens is 188 g/mol. The average Bonchev–Trinajstić information content (AvgIpc) is 2.77.